The standard InChI is InChI=1S/C22H26N2O4/c1-4-13-11-24-8-7-21-16-9-14(25)5-6-17(16)23(2)22(21)18(24)10-15(13)20(21,12-28-22)19(26)27-3/h4-6,9,15,18,25H,7-8,10-12H2,1-3H3/t15-,18-,20-,21-,22+/m0/s1. The molecule has 4 fully saturated rings. The number of methoxy groups -OCH3 is 1. The molecule has 0 unspecified atom stereocenters. The molecule has 5 bridgehead atoms. The second kappa shape index (κ2) is 4.92. The summed E-state index contributed by atoms with van der Waals surface area (Å²) in [4.78, 5) is 18.4. The first-order chi connectivity index (χ1) is 13.5. The number of nitrogens with zero attached hydrogens (tertiary/aromatic N) is 2. The predicted molar refractivity (Wildman–Crippen MR) is 103 cm³/mol. The zero-order chi connectivity index (χ0) is 19.5. The molecule has 4 aliphatic heterocycles. The second-order valence-corrected chi connectivity index (χ2v) is 9.00. The van der Waals surface area contributed by atoms with Crippen LogP contribution in [0.15, 0.2) is 29.8 Å². The number of hydrogen-bond acceptors (Lipinski definition) is 6. The summed E-state index contributed by atoms with van der Waals surface area (Å²) in [6, 6.07) is 5.79. The summed E-state index contributed by atoms with van der Waals surface area (Å²) in [5.41, 5.74) is 1.54. The van der Waals surface area contributed by atoms with Crippen molar-refractivity contribution in [3.63, 3.8) is 0 Å². The van der Waals surface area contributed by atoms with Crippen molar-refractivity contribution in [3.05, 3.63) is 35.4 Å². The average Bonchev–Trinajstić information content (AvgIpc) is 3.08. The number of aromatic hydroxyl groups is 1. The Kier molecular flexibility index (Phi) is 2.96. The predicted octanol–water partition coefficient (Wildman–Crippen LogP) is 2.02. The smallest absolute Gasteiger partial charge is 0.315 e. The van der Waals surface area contributed by atoms with E-state index in [1.54, 1.807) is 6.07 Å². The molecule has 5 aliphatic rings. The molecular formula is C22H26N2O4. The van der Waals surface area contributed by atoms with Gasteiger partial charge >= 0.3 is 5.97 Å². The van der Waals surface area contributed by atoms with E-state index in [2.05, 4.69) is 29.8 Å². The van der Waals surface area contributed by atoms with Gasteiger partial charge in [0.2, 0.25) is 0 Å². The number of carbonyl (C=O) groups excluding carboxylic acids is 1. The van der Waals surface area contributed by atoms with Gasteiger partial charge in [0.15, 0.2) is 5.72 Å². The maximum absolute atomic E-state index is 13.6. The molecular weight excluding hydrogens is 356 g/mol. The Morgan fingerprint density at radius 1 is 1.43 bits per heavy atom. The number of anilines is 1. The summed E-state index contributed by atoms with van der Waals surface area (Å²) in [7, 11) is 3.58. The quantitative estimate of drug-likeness (QED) is 0.592. The first-order valence-corrected chi connectivity index (χ1v) is 10.2. The van der Waals surface area contributed by atoms with Crippen LogP contribution in [-0.2, 0) is 19.7 Å². The second-order valence-electron chi connectivity index (χ2n) is 9.00. The maximum atomic E-state index is 13.6. The van der Waals surface area contributed by atoms with Crippen LogP contribution in [0.25, 0.3) is 0 Å². The number of esters is 1. The lowest BCUT2D eigenvalue weighted by molar-refractivity contribution is -0.184. The van der Waals surface area contributed by atoms with E-state index in [1.165, 1.54) is 12.7 Å². The van der Waals surface area contributed by atoms with Crippen LogP contribution in [0.2, 0.25) is 0 Å². The van der Waals surface area contributed by atoms with Gasteiger partial charge in [-0.3, -0.25) is 9.69 Å². The Morgan fingerprint density at radius 2 is 2.25 bits per heavy atom. The normalized spacial score (nSPS) is 44.0. The van der Waals surface area contributed by atoms with Crippen LogP contribution in [0.3, 0.4) is 0 Å². The largest absolute Gasteiger partial charge is 0.508 e. The highest BCUT2D eigenvalue weighted by atomic mass is 16.6. The van der Waals surface area contributed by atoms with Gasteiger partial charge in [0, 0.05) is 31.7 Å². The monoisotopic (exact) mass is 382 g/mol. The molecule has 6 nitrogen and oxygen atoms in total. The number of allylic oxidation sites excluding steroid dienone is 1. The van der Waals surface area contributed by atoms with E-state index in [0.717, 1.165) is 37.2 Å². The highest BCUT2D eigenvalue weighted by molar-refractivity contribution is 5.86. The maximum Gasteiger partial charge on any atom is 0.315 e. The summed E-state index contributed by atoms with van der Waals surface area (Å²) in [5, 5.41) is 10.4. The fourth-order valence-electron chi connectivity index (χ4n) is 7.78. The fourth-order valence-corrected chi connectivity index (χ4v) is 7.78. The van der Waals surface area contributed by atoms with E-state index in [0.29, 0.717) is 6.61 Å². The molecule has 6 rings (SSSR count). The molecule has 3 saturated heterocycles. The number of rotatable bonds is 1. The molecule has 4 heterocycles. The average molecular weight is 382 g/mol. The van der Waals surface area contributed by atoms with Crippen LogP contribution >= 0.6 is 0 Å². The molecule has 1 saturated carbocycles. The molecule has 0 radical (unpaired) electrons. The molecule has 1 aromatic rings. The molecule has 1 aromatic carbocycles. The summed E-state index contributed by atoms with van der Waals surface area (Å²) in [6.45, 7) is 4.25. The summed E-state index contributed by atoms with van der Waals surface area (Å²) in [6.07, 6.45) is 3.92. The summed E-state index contributed by atoms with van der Waals surface area (Å²) < 4.78 is 12.2. The third-order valence-corrected chi connectivity index (χ3v) is 8.67. The van der Waals surface area contributed by atoms with Gasteiger partial charge in [-0.2, -0.15) is 0 Å². The SMILES string of the molecule is CC=C1CN2CC[C@@]34c5cc(O)ccc5N(C)[C@]35OC[C@@]4(C(=O)OC)[C@H]1C[C@H]25. The van der Waals surface area contributed by atoms with Crippen LogP contribution in [-0.4, -0.2) is 61.6 Å². The van der Waals surface area contributed by atoms with Gasteiger partial charge < -0.3 is 19.5 Å². The van der Waals surface area contributed by atoms with Crippen molar-refractivity contribution in [2.45, 2.75) is 36.9 Å². The zero-order valence-electron chi connectivity index (χ0n) is 16.6. The number of fused-ring (bicyclic) bond motifs is 3. The van der Waals surface area contributed by atoms with Gasteiger partial charge in [0.05, 0.1) is 25.2 Å². The first kappa shape index (κ1) is 16.9. The van der Waals surface area contributed by atoms with Crippen molar-refractivity contribution in [2.75, 3.05) is 38.8 Å². The van der Waals surface area contributed by atoms with Crippen LogP contribution in [0.1, 0.15) is 25.3 Å². The van der Waals surface area contributed by atoms with E-state index in [1.807, 2.05) is 12.1 Å². The van der Waals surface area contributed by atoms with E-state index in [9.17, 15) is 9.90 Å². The minimum Gasteiger partial charge on any atom is -0.508 e. The fraction of sp³-hybridized carbons (Fsp3) is 0.591. The third kappa shape index (κ3) is 1.37. The summed E-state index contributed by atoms with van der Waals surface area (Å²) >= 11 is 0. The molecule has 0 spiro atoms. The molecule has 0 amide bonds. The van der Waals surface area contributed by atoms with Gasteiger partial charge in [-0.15, -0.1) is 0 Å². The number of phenolic OH excluding ortho intramolecular Hbond substituents is 1. The van der Waals surface area contributed by atoms with Gasteiger partial charge in [-0.1, -0.05) is 11.6 Å². The highest BCUT2D eigenvalue weighted by Gasteiger charge is 2.86. The number of piperidine rings is 2. The van der Waals surface area contributed by atoms with Crippen molar-refractivity contribution in [1.82, 2.24) is 4.90 Å². The number of benzene rings is 1. The van der Waals surface area contributed by atoms with Crippen LogP contribution in [0.4, 0.5) is 5.69 Å². The van der Waals surface area contributed by atoms with Crippen molar-refractivity contribution in [1.29, 1.82) is 0 Å². The van der Waals surface area contributed by atoms with Crippen LogP contribution in [0, 0.1) is 11.3 Å². The molecule has 1 N–H and O–H groups in total. The number of likely N-dealkylation sites (N-methyl/N-ethyl adjacent to an activating group) is 1. The van der Waals surface area contributed by atoms with Gasteiger partial charge in [0.25, 0.3) is 0 Å². The molecule has 5 atom stereocenters. The van der Waals surface area contributed by atoms with Crippen molar-refractivity contribution < 1.29 is 19.4 Å². The van der Waals surface area contributed by atoms with E-state index in [-0.39, 0.29) is 23.7 Å². The van der Waals surface area contributed by atoms with Crippen molar-refractivity contribution >= 4 is 11.7 Å². The first-order valence-electron chi connectivity index (χ1n) is 10.2. The molecule has 6 heteroatoms. The lowest BCUT2D eigenvalue weighted by atomic mass is 9.43. The van der Waals surface area contributed by atoms with E-state index in [4.69, 9.17) is 9.47 Å². The van der Waals surface area contributed by atoms with E-state index < -0.39 is 16.6 Å². The van der Waals surface area contributed by atoms with E-state index >= 15 is 0 Å². The Bertz CT molecular complexity index is 944. The van der Waals surface area contributed by atoms with Crippen LogP contribution in [0.5, 0.6) is 5.75 Å². The Balaban J connectivity index is 1.75. The molecule has 0 aromatic heterocycles. The van der Waals surface area contributed by atoms with Crippen molar-refractivity contribution in [3.8, 4) is 5.75 Å². The van der Waals surface area contributed by atoms with Gasteiger partial charge in [-0.25, -0.2) is 0 Å². The number of phenols is 1. The Hall–Kier alpha value is -2.05. The lowest BCUT2D eigenvalue weighted by Gasteiger charge is -2.66. The summed E-state index contributed by atoms with van der Waals surface area (Å²) in [5.74, 6) is 0.170. The zero-order valence-corrected chi connectivity index (χ0v) is 16.6. The minimum atomic E-state index is -0.764. The van der Waals surface area contributed by atoms with Crippen molar-refractivity contribution in [2.24, 2.45) is 11.3 Å². The minimum absolute atomic E-state index is 0.101. The van der Waals surface area contributed by atoms with Crippen LogP contribution < -0.4 is 4.90 Å². The molecule has 148 valence electrons. The third-order valence-electron chi connectivity index (χ3n) is 8.67. The number of ether oxygens (including phenoxy) is 2. The highest BCUT2D eigenvalue weighted by Crippen LogP contribution is 2.76. The lowest BCUT2D eigenvalue weighted by Crippen LogP contribution is -2.80. The molecule has 28 heavy (non-hydrogen) atoms. The van der Waals surface area contributed by atoms with Gasteiger partial charge in [0.1, 0.15) is 11.2 Å². The Morgan fingerprint density at radius 3 is 3.00 bits per heavy atom. The Labute approximate surface area is 164 Å². The van der Waals surface area contributed by atoms with Gasteiger partial charge in [-0.05, 0) is 43.5 Å². The topological polar surface area (TPSA) is 62.2 Å². The number of carbonyl (C=O) groups is 1. The molecule has 1 aliphatic carbocycles. The number of hydrogen-bond donors (Lipinski definition) is 1.